The molecule has 0 spiro atoms. The molecule has 0 saturated carbocycles. The van der Waals surface area contributed by atoms with Gasteiger partial charge in [0.15, 0.2) is 0 Å². The lowest BCUT2D eigenvalue weighted by atomic mass is 10.0. The molecule has 0 aromatic heterocycles. The van der Waals surface area contributed by atoms with E-state index in [2.05, 4.69) is 11.9 Å². The monoisotopic (exact) mass is 409 g/mol. The highest BCUT2D eigenvalue weighted by Gasteiger charge is 2.21. The van der Waals surface area contributed by atoms with Gasteiger partial charge in [-0.25, -0.2) is 9.59 Å². The Morgan fingerprint density at radius 1 is 0.931 bits per heavy atom. The summed E-state index contributed by atoms with van der Waals surface area (Å²) in [5.74, 6) is -0.257. The Kier molecular flexibility index (Phi) is 6.77. The smallest absolute Gasteiger partial charge is 0.343 e. The normalized spacial score (nSPS) is 18.7. The highest BCUT2D eigenvalue weighted by atomic mass is 32.2. The molecular weight excluding hydrogens is 386 g/mol. The van der Waals surface area contributed by atoms with Gasteiger partial charge in [0.25, 0.3) is 0 Å². The van der Waals surface area contributed by atoms with E-state index in [1.807, 2.05) is 48.5 Å². The van der Waals surface area contributed by atoms with Crippen LogP contribution in [-0.2, 0) is 19.1 Å². The quantitative estimate of drug-likeness (QED) is 0.549. The van der Waals surface area contributed by atoms with Crippen molar-refractivity contribution in [1.82, 2.24) is 0 Å². The lowest BCUT2D eigenvalue weighted by molar-refractivity contribution is -0.135. The van der Waals surface area contributed by atoms with Crippen molar-refractivity contribution in [2.45, 2.75) is 18.2 Å². The number of carbonyl (C=O) groups is 2. The Morgan fingerprint density at radius 2 is 1.59 bits per heavy atom. The standard InChI is InChI=1S/C23H23NO4S/c1-4-13-29-20-12-8-6-10-18(20)17-9-5-7-11-19(17)24-15-16(22(25)27-2)14-21(29)23(26)28-3/h5-12,14-15H,4,13H2,1-3H3/b16-14+,16-15?,18-17?,21-14?,24-15?,24-19?. The van der Waals surface area contributed by atoms with Crippen molar-refractivity contribution in [1.29, 1.82) is 0 Å². The van der Waals surface area contributed by atoms with Gasteiger partial charge in [0.2, 0.25) is 0 Å². The molecule has 0 fully saturated rings. The molecule has 0 saturated heterocycles. The summed E-state index contributed by atoms with van der Waals surface area (Å²) in [6.07, 6.45) is 3.88. The first-order valence-electron chi connectivity index (χ1n) is 9.29. The molecular formula is C23H23NO4S. The molecule has 1 heterocycles. The van der Waals surface area contributed by atoms with Gasteiger partial charge in [-0.1, -0.05) is 43.3 Å². The third-order valence-electron chi connectivity index (χ3n) is 4.46. The second-order valence-corrected chi connectivity index (χ2v) is 8.38. The van der Waals surface area contributed by atoms with Crippen LogP contribution in [0.2, 0.25) is 0 Å². The van der Waals surface area contributed by atoms with Gasteiger partial charge in [0.1, 0.15) is 0 Å². The summed E-state index contributed by atoms with van der Waals surface area (Å²) in [6.45, 7) is 2.07. The average Bonchev–Trinajstić information content (AvgIpc) is 2.77. The Morgan fingerprint density at radius 3 is 2.28 bits per heavy atom. The van der Waals surface area contributed by atoms with E-state index in [-0.39, 0.29) is 5.57 Å². The van der Waals surface area contributed by atoms with Crippen LogP contribution in [0.15, 0.2) is 70.1 Å². The second-order valence-electron chi connectivity index (χ2n) is 6.31. The topological polar surface area (TPSA) is 65.0 Å². The molecule has 150 valence electrons. The first kappa shape index (κ1) is 20.7. The van der Waals surface area contributed by atoms with Crippen LogP contribution >= 0.6 is 10.5 Å². The number of nitrogens with zero attached hydrogens (tertiary/aromatic N) is 1. The van der Waals surface area contributed by atoms with E-state index in [4.69, 9.17) is 9.47 Å². The lowest BCUT2D eigenvalue weighted by Gasteiger charge is -2.19. The number of para-hydroxylation sites is 1. The van der Waals surface area contributed by atoms with Crippen LogP contribution in [0, 0.1) is 0 Å². The molecule has 6 heteroatoms. The van der Waals surface area contributed by atoms with Gasteiger partial charge in [-0.2, -0.15) is 0 Å². The lowest BCUT2D eigenvalue weighted by Crippen LogP contribution is -2.18. The number of esters is 2. The Bertz CT molecular complexity index is 1040. The van der Waals surface area contributed by atoms with Gasteiger partial charge in [0, 0.05) is 16.7 Å². The van der Waals surface area contributed by atoms with Crippen molar-refractivity contribution < 1.29 is 19.1 Å². The molecule has 2 aromatic rings. The predicted octanol–water partition coefficient (Wildman–Crippen LogP) is 4.55. The number of aliphatic imine (C=N–C) groups is 1. The van der Waals surface area contributed by atoms with Crippen molar-refractivity contribution >= 4 is 39.2 Å². The molecule has 0 N–H and O–H groups in total. The zero-order valence-electron chi connectivity index (χ0n) is 16.7. The highest BCUT2D eigenvalue weighted by Crippen LogP contribution is 2.41. The molecule has 1 aliphatic heterocycles. The van der Waals surface area contributed by atoms with E-state index in [0.29, 0.717) is 4.86 Å². The van der Waals surface area contributed by atoms with Gasteiger partial charge in [0.05, 0.1) is 30.3 Å². The number of fused-ring (bicyclic) bond motifs is 3. The Balaban J connectivity index is 2.44. The average molecular weight is 410 g/mol. The van der Waals surface area contributed by atoms with Crippen LogP contribution in [0.1, 0.15) is 13.3 Å². The SMILES string of the molecule is CCC/S1=C(C(=O)OC)\C=C(\C(=O)OC)C=Nc2ccccc2-c2ccccc21. The molecule has 1 atom stereocenters. The van der Waals surface area contributed by atoms with E-state index >= 15 is 0 Å². The summed E-state index contributed by atoms with van der Waals surface area (Å²) in [5.41, 5.74) is 2.92. The van der Waals surface area contributed by atoms with Crippen molar-refractivity contribution in [3.8, 4) is 11.1 Å². The fourth-order valence-electron chi connectivity index (χ4n) is 3.14. The molecule has 1 unspecified atom stereocenters. The molecule has 1 aliphatic rings. The summed E-state index contributed by atoms with van der Waals surface area (Å²) >= 11 is 0. The van der Waals surface area contributed by atoms with Crippen LogP contribution in [0.5, 0.6) is 0 Å². The van der Waals surface area contributed by atoms with E-state index in [9.17, 15) is 9.59 Å². The molecule has 5 nitrogen and oxygen atoms in total. The predicted molar refractivity (Wildman–Crippen MR) is 118 cm³/mol. The van der Waals surface area contributed by atoms with Gasteiger partial charge >= 0.3 is 11.9 Å². The first-order valence-corrected chi connectivity index (χ1v) is 10.7. The fourth-order valence-corrected chi connectivity index (χ4v) is 5.46. The summed E-state index contributed by atoms with van der Waals surface area (Å²) in [5, 5.41) is 0. The summed E-state index contributed by atoms with van der Waals surface area (Å²) in [6, 6.07) is 15.8. The van der Waals surface area contributed by atoms with E-state index in [1.165, 1.54) is 20.4 Å². The maximum atomic E-state index is 12.7. The maximum Gasteiger partial charge on any atom is 0.343 e. The van der Waals surface area contributed by atoms with Crippen molar-refractivity contribution in [3.05, 3.63) is 60.2 Å². The zero-order valence-corrected chi connectivity index (χ0v) is 17.5. The zero-order chi connectivity index (χ0) is 20.8. The number of hydrogen-bond acceptors (Lipinski definition) is 5. The van der Waals surface area contributed by atoms with E-state index in [1.54, 1.807) is 6.08 Å². The first-order chi connectivity index (χ1) is 14.1. The minimum absolute atomic E-state index is 0.204. The number of hydrogen-bond donors (Lipinski definition) is 0. The fraction of sp³-hybridized carbons (Fsp3) is 0.217. The minimum atomic E-state index is -0.585. The van der Waals surface area contributed by atoms with Gasteiger partial charge in [-0.05, 0) is 35.9 Å². The molecule has 0 bridgehead atoms. The number of carbonyl (C=O) groups excluding carboxylic acids is 2. The van der Waals surface area contributed by atoms with Gasteiger partial charge < -0.3 is 9.47 Å². The van der Waals surface area contributed by atoms with Gasteiger partial charge in [-0.15, -0.1) is 10.5 Å². The van der Waals surface area contributed by atoms with Crippen molar-refractivity contribution in [3.63, 3.8) is 0 Å². The van der Waals surface area contributed by atoms with Crippen LogP contribution in [0.25, 0.3) is 11.1 Å². The third kappa shape index (κ3) is 4.38. The number of rotatable bonds is 4. The molecule has 0 radical (unpaired) electrons. The number of ether oxygens (including phenoxy) is 2. The second kappa shape index (κ2) is 9.47. The minimum Gasteiger partial charge on any atom is -0.465 e. The Labute approximate surface area is 173 Å². The summed E-state index contributed by atoms with van der Waals surface area (Å²) < 4.78 is 9.98. The highest BCUT2D eigenvalue weighted by molar-refractivity contribution is 8.17. The van der Waals surface area contributed by atoms with Crippen molar-refractivity contribution in [2.24, 2.45) is 4.99 Å². The molecule has 3 rings (SSSR count). The van der Waals surface area contributed by atoms with E-state index < -0.39 is 22.4 Å². The summed E-state index contributed by atoms with van der Waals surface area (Å²) in [7, 11) is 2.07. The summed E-state index contributed by atoms with van der Waals surface area (Å²) in [4.78, 5) is 31.1. The van der Waals surface area contributed by atoms with Gasteiger partial charge in [-0.3, -0.25) is 4.99 Å². The van der Waals surface area contributed by atoms with Crippen LogP contribution in [-0.4, -0.2) is 43.0 Å². The van der Waals surface area contributed by atoms with E-state index in [0.717, 1.165) is 33.9 Å². The Hall–Kier alpha value is -2.99. The molecule has 0 amide bonds. The van der Waals surface area contributed by atoms with Crippen LogP contribution in [0.4, 0.5) is 5.69 Å². The van der Waals surface area contributed by atoms with Crippen molar-refractivity contribution in [2.75, 3.05) is 20.0 Å². The third-order valence-corrected chi connectivity index (χ3v) is 6.98. The number of methoxy groups -OCH3 is 2. The molecule has 0 aliphatic carbocycles. The van der Waals surface area contributed by atoms with Crippen LogP contribution in [0.3, 0.4) is 0 Å². The molecule has 29 heavy (non-hydrogen) atoms. The number of benzene rings is 2. The maximum absolute atomic E-state index is 12.7. The largest absolute Gasteiger partial charge is 0.465 e. The van der Waals surface area contributed by atoms with Crippen LogP contribution < -0.4 is 0 Å². The molecule has 2 aromatic carbocycles.